The molecule has 0 amide bonds. The van der Waals surface area contributed by atoms with E-state index in [4.69, 9.17) is 4.74 Å². The molecule has 0 spiro atoms. The summed E-state index contributed by atoms with van der Waals surface area (Å²) in [6, 6.07) is 8.68. The molecule has 4 heteroatoms. The quantitative estimate of drug-likeness (QED) is 0.547. The Morgan fingerprint density at radius 3 is 2.14 bits per heavy atom. The highest BCUT2D eigenvalue weighted by atomic mass is 16.5. The van der Waals surface area contributed by atoms with Crippen LogP contribution in [0.3, 0.4) is 0 Å². The van der Waals surface area contributed by atoms with Crippen molar-refractivity contribution < 1.29 is 19.1 Å². The van der Waals surface area contributed by atoms with Gasteiger partial charge in [0.1, 0.15) is 11.4 Å². The minimum Gasteiger partial charge on any atom is -0.371 e. The molecule has 2 atom stereocenters. The number of ketones is 3. The average Bonchev–Trinajstić information content (AvgIpc) is 2.51. The summed E-state index contributed by atoms with van der Waals surface area (Å²) in [5.41, 5.74) is -0.588. The first-order chi connectivity index (χ1) is 10.2. The molecular weight excluding hydrogens is 280 g/mol. The third kappa shape index (κ3) is 4.34. The molecular formula is C18H24O4. The molecule has 0 saturated carbocycles. The first-order valence-corrected chi connectivity index (χ1v) is 7.40. The topological polar surface area (TPSA) is 60.4 Å². The normalized spacial score (nSPS) is 14.2. The third-order valence-electron chi connectivity index (χ3n) is 4.08. The van der Waals surface area contributed by atoms with E-state index in [0.717, 1.165) is 0 Å². The van der Waals surface area contributed by atoms with E-state index in [0.29, 0.717) is 5.56 Å². The van der Waals surface area contributed by atoms with Crippen LogP contribution >= 0.6 is 0 Å². The van der Waals surface area contributed by atoms with Gasteiger partial charge in [0, 0.05) is 18.6 Å². The molecule has 120 valence electrons. The molecule has 0 fully saturated rings. The second kappa shape index (κ2) is 7.45. The Kier molecular flexibility index (Phi) is 6.18. The molecule has 0 radical (unpaired) electrons. The van der Waals surface area contributed by atoms with Crippen molar-refractivity contribution in [2.45, 2.75) is 39.7 Å². The Balaban J connectivity index is 3.14. The lowest BCUT2D eigenvalue weighted by Gasteiger charge is -2.27. The lowest BCUT2D eigenvalue weighted by atomic mass is 9.80. The van der Waals surface area contributed by atoms with Crippen molar-refractivity contribution in [1.82, 2.24) is 0 Å². The first kappa shape index (κ1) is 18.2. The summed E-state index contributed by atoms with van der Waals surface area (Å²) in [6.45, 7) is 6.49. The highest BCUT2D eigenvalue weighted by molar-refractivity contribution is 6.13. The maximum atomic E-state index is 12.7. The van der Waals surface area contributed by atoms with Crippen molar-refractivity contribution in [2.75, 3.05) is 7.11 Å². The van der Waals surface area contributed by atoms with Gasteiger partial charge < -0.3 is 4.74 Å². The largest absolute Gasteiger partial charge is 0.371 e. The Hall–Kier alpha value is -1.81. The maximum absolute atomic E-state index is 12.7. The molecule has 22 heavy (non-hydrogen) atoms. The van der Waals surface area contributed by atoms with Gasteiger partial charge >= 0.3 is 0 Å². The SMILES string of the molecule is COC(C)(C)C(=O)C(CC(C)C(C)=O)C(=O)c1ccccc1. The fourth-order valence-electron chi connectivity index (χ4n) is 2.18. The molecule has 0 saturated heterocycles. The van der Waals surface area contributed by atoms with Crippen LogP contribution < -0.4 is 0 Å². The van der Waals surface area contributed by atoms with Crippen LogP contribution in [-0.2, 0) is 14.3 Å². The predicted molar refractivity (Wildman–Crippen MR) is 84.8 cm³/mol. The standard InChI is InChI=1S/C18H24O4/c1-12(13(2)19)11-15(17(21)18(3,4)22-5)16(20)14-9-7-6-8-10-14/h6-10,12,15H,11H2,1-5H3. The van der Waals surface area contributed by atoms with Crippen LogP contribution in [0, 0.1) is 11.8 Å². The number of carbonyl (C=O) groups is 3. The summed E-state index contributed by atoms with van der Waals surface area (Å²) in [5.74, 6) is -1.82. The molecule has 0 aromatic heterocycles. The highest BCUT2D eigenvalue weighted by Gasteiger charge is 2.39. The second-order valence-corrected chi connectivity index (χ2v) is 6.11. The van der Waals surface area contributed by atoms with Crippen LogP contribution in [0.25, 0.3) is 0 Å². The number of hydrogen-bond donors (Lipinski definition) is 0. The Morgan fingerprint density at radius 2 is 1.68 bits per heavy atom. The molecule has 1 rings (SSSR count). The zero-order valence-electron chi connectivity index (χ0n) is 13.9. The summed E-state index contributed by atoms with van der Waals surface area (Å²) in [4.78, 5) is 37.0. The number of methoxy groups -OCH3 is 1. The Bertz CT molecular complexity index is 545. The summed E-state index contributed by atoms with van der Waals surface area (Å²) in [6.07, 6.45) is 0.203. The van der Waals surface area contributed by atoms with Gasteiger partial charge in [-0.05, 0) is 27.2 Å². The summed E-state index contributed by atoms with van der Waals surface area (Å²) >= 11 is 0. The van der Waals surface area contributed by atoms with E-state index >= 15 is 0 Å². The third-order valence-corrected chi connectivity index (χ3v) is 4.08. The summed E-state index contributed by atoms with van der Waals surface area (Å²) < 4.78 is 5.22. The van der Waals surface area contributed by atoms with E-state index in [-0.39, 0.29) is 29.7 Å². The molecule has 0 N–H and O–H groups in total. The minimum atomic E-state index is -1.06. The van der Waals surface area contributed by atoms with Gasteiger partial charge in [-0.3, -0.25) is 14.4 Å². The zero-order valence-corrected chi connectivity index (χ0v) is 13.9. The summed E-state index contributed by atoms with van der Waals surface area (Å²) in [5, 5.41) is 0. The molecule has 0 heterocycles. The van der Waals surface area contributed by atoms with E-state index in [2.05, 4.69) is 0 Å². The van der Waals surface area contributed by atoms with Crippen LogP contribution in [0.5, 0.6) is 0 Å². The van der Waals surface area contributed by atoms with Crippen molar-refractivity contribution in [3.8, 4) is 0 Å². The van der Waals surface area contributed by atoms with Gasteiger partial charge in [-0.25, -0.2) is 0 Å². The van der Waals surface area contributed by atoms with Crippen molar-refractivity contribution >= 4 is 17.3 Å². The van der Waals surface area contributed by atoms with E-state index in [1.54, 1.807) is 45.0 Å². The van der Waals surface area contributed by atoms with Gasteiger partial charge in [0.05, 0.1) is 5.92 Å². The number of Topliss-reactive ketones (excluding diaryl/α,β-unsaturated/α-hetero) is 3. The lowest BCUT2D eigenvalue weighted by molar-refractivity contribution is -0.140. The fraction of sp³-hybridized carbons (Fsp3) is 0.500. The van der Waals surface area contributed by atoms with E-state index in [9.17, 15) is 14.4 Å². The van der Waals surface area contributed by atoms with Crippen LogP contribution in [0.2, 0.25) is 0 Å². The van der Waals surface area contributed by atoms with Gasteiger partial charge in [-0.2, -0.15) is 0 Å². The molecule has 0 aliphatic heterocycles. The van der Waals surface area contributed by atoms with Crippen LogP contribution in [0.1, 0.15) is 44.5 Å². The maximum Gasteiger partial charge on any atom is 0.174 e. The van der Waals surface area contributed by atoms with Gasteiger partial charge in [0.25, 0.3) is 0 Å². The smallest absolute Gasteiger partial charge is 0.174 e. The molecule has 0 aliphatic rings. The molecule has 2 unspecified atom stereocenters. The average molecular weight is 304 g/mol. The van der Waals surface area contributed by atoms with E-state index < -0.39 is 11.5 Å². The number of hydrogen-bond acceptors (Lipinski definition) is 4. The van der Waals surface area contributed by atoms with E-state index in [1.165, 1.54) is 14.0 Å². The number of carbonyl (C=O) groups excluding carboxylic acids is 3. The molecule has 1 aromatic rings. The van der Waals surface area contributed by atoms with Gasteiger partial charge in [0.15, 0.2) is 11.6 Å². The minimum absolute atomic E-state index is 0.0334. The monoisotopic (exact) mass is 304 g/mol. The predicted octanol–water partition coefficient (Wildman–Crippen LogP) is 3.09. The van der Waals surface area contributed by atoms with Crippen LogP contribution in [0.4, 0.5) is 0 Å². The molecule has 0 aliphatic carbocycles. The highest BCUT2D eigenvalue weighted by Crippen LogP contribution is 2.25. The van der Waals surface area contributed by atoms with Crippen LogP contribution in [-0.4, -0.2) is 30.1 Å². The van der Waals surface area contributed by atoms with Gasteiger partial charge in [-0.15, -0.1) is 0 Å². The van der Waals surface area contributed by atoms with Crippen molar-refractivity contribution in [3.05, 3.63) is 35.9 Å². The second-order valence-electron chi connectivity index (χ2n) is 6.11. The Labute approximate surface area is 131 Å². The zero-order chi connectivity index (χ0) is 16.9. The lowest BCUT2D eigenvalue weighted by Crippen LogP contribution is -2.42. The van der Waals surface area contributed by atoms with Gasteiger partial charge in [-0.1, -0.05) is 37.3 Å². The first-order valence-electron chi connectivity index (χ1n) is 7.40. The molecule has 1 aromatic carbocycles. The molecule has 0 bridgehead atoms. The van der Waals surface area contributed by atoms with Crippen molar-refractivity contribution in [1.29, 1.82) is 0 Å². The number of rotatable bonds is 8. The van der Waals surface area contributed by atoms with Crippen molar-refractivity contribution in [3.63, 3.8) is 0 Å². The van der Waals surface area contributed by atoms with Crippen molar-refractivity contribution in [2.24, 2.45) is 11.8 Å². The van der Waals surface area contributed by atoms with Crippen LogP contribution in [0.15, 0.2) is 30.3 Å². The molecule has 4 nitrogen and oxygen atoms in total. The summed E-state index contributed by atoms with van der Waals surface area (Å²) in [7, 11) is 1.44. The van der Waals surface area contributed by atoms with Gasteiger partial charge in [0.2, 0.25) is 0 Å². The Morgan fingerprint density at radius 1 is 1.14 bits per heavy atom. The number of benzene rings is 1. The van der Waals surface area contributed by atoms with E-state index in [1.807, 2.05) is 6.07 Å². The number of ether oxygens (including phenoxy) is 1. The fourth-order valence-corrected chi connectivity index (χ4v) is 2.18.